The van der Waals surface area contributed by atoms with E-state index in [4.69, 9.17) is 24.8 Å². The lowest BCUT2D eigenvalue weighted by Gasteiger charge is -1.99. The van der Waals surface area contributed by atoms with E-state index in [-0.39, 0.29) is 19.0 Å². The average Bonchev–Trinajstić information content (AvgIpc) is 2.41. The van der Waals surface area contributed by atoms with E-state index in [1.807, 2.05) is 13.8 Å². The Labute approximate surface area is 109 Å². The van der Waals surface area contributed by atoms with Gasteiger partial charge in [-0.15, -0.1) is 0 Å². The first-order chi connectivity index (χ1) is 8.67. The van der Waals surface area contributed by atoms with E-state index in [9.17, 15) is 0 Å². The highest BCUT2D eigenvalue weighted by Crippen LogP contribution is 2.22. The molecule has 106 valence electrons. The molecular weight excluding hydrogens is 236 g/mol. The number of aliphatic hydroxyl groups is 2. The van der Waals surface area contributed by atoms with Crippen LogP contribution in [-0.4, -0.2) is 48.9 Å². The second-order valence-electron chi connectivity index (χ2n) is 2.90. The summed E-state index contributed by atoms with van der Waals surface area (Å²) in [6.07, 6.45) is 0. The van der Waals surface area contributed by atoms with E-state index < -0.39 is 0 Å². The molecule has 0 saturated carbocycles. The van der Waals surface area contributed by atoms with Gasteiger partial charge in [0.05, 0.1) is 20.3 Å². The van der Waals surface area contributed by atoms with Gasteiger partial charge in [-0.25, -0.2) is 0 Å². The van der Waals surface area contributed by atoms with Gasteiger partial charge in [0, 0.05) is 13.2 Å². The largest absolute Gasteiger partial charge is 0.504 e. The summed E-state index contributed by atoms with van der Waals surface area (Å²) in [4.78, 5) is 0. The van der Waals surface area contributed by atoms with E-state index in [1.165, 1.54) is 7.11 Å². The third kappa shape index (κ3) is 12.8. The SMILES string of the molecule is CCOCC.COc1ccccc1O.OCCO. The summed E-state index contributed by atoms with van der Waals surface area (Å²) in [6.45, 7) is 5.42. The number of benzene rings is 1. The standard InChI is InChI=1S/C7H8O2.C4H10O.C2H6O2/c1-9-7-5-3-2-4-6(7)8;1-3-5-4-2;3-1-2-4/h2-5,8H,1H3;3-4H2,1-2H3;3-4H,1-2H2. The van der Waals surface area contributed by atoms with Crippen molar-refractivity contribution in [1.29, 1.82) is 0 Å². The molecule has 0 aliphatic rings. The fourth-order valence-electron chi connectivity index (χ4n) is 0.834. The van der Waals surface area contributed by atoms with Gasteiger partial charge in [-0.3, -0.25) is 0 Å². The molecule has 1 aromatic rings. The van der Waals surface area contributed by atoms with Gasteiger partial charge in [0.25, 0.3) is 0 Å². The van der Waals surface area contributed by atoms with Crippen LogP contribution in [0, 0.1) is 0 Å². The van der Waals surface area contributed by atoms with Gasteiger partial charge in [0.1, 0.15) is 0 Å². The topological polar surface area (TPSA) is 79.2 Å². The van der Waals surface area contributed by atoms with Crippen LogP contribution >= 0.6 is 0 Å². The summed E-state index contributed by atoms with van der Waals surface area (Å²) >= 11 is 0. The third-order valence-electron chi connectivity index (χ3n) is 1.59. The molecule has 0 aliphatic heterocycles. The van der Waals surface area contributed by atoms with E-state index in [2.05, 4.69) is 0 Å². The molecule has 0 amide bonds. The van der Waals surface area contributed by atoms with Crippen molar-refractivity contribution in [2.24, 2.45) is 0 Å². The number of aliphatic hydroxyl groups excluding tert-OH is 2. The van der Waals surface area contributed by atoms with Gasteiger partial charge in [-0.1, -0.05) is 12.1 Å². The number of hydrogen-bond acceptors (Lipinski definition) is 5. The number of para-hydroxylation sites is 2. The number of ether oxygens (including phenoxy) is 2. The summed E-state index contributed by atoms with van der Waals surface area (Å²) in [5.74, 6) is 0.692. The molecular formula is C13H24O5. The van der Waals surface area contributed by atoms with Crippen molar-refractivity contribution in [3.63, 3.8) is 0 Å². The molecule has 0 unspecified atom stereocenters. The molecule has 1 aromatic carbocycles. The Balaban J connectivity index is 0. The van der Waals surface area contributed by atoms with Crippen molar-refractivity contribution < 1.29 is 24.8 Å². The second kappa shape index (κ2) is 15.7. The van der Waals surface area contributed by atoms with Crippen molar-refractivity contribution in [2.45, 2.75) is 13.8 Å². The first-order valence-corrected chi connectivity index (χ1v) is 5.79. The maximum atomic E-state index is 8.99. The van der Waals surface area contributed by atoms with Crippen LogP contribution in [0.4, 0.5) is 0 Å². The fraction of sp³-hybridized carbons (Fsp3) is 0.538. The van der Waals surface area contributed by atoms with Crippen molar-refractivity contribution in [3.05, 3.63) is 24.3 Å². The molecule has 0 heterocycles. The van der Waals surface area contributed by atoms with Gasteiger partial charge >= 0.3 is 0 Å². The van der Waals surface area contributed by atoms with Crippen LogP contribution in [0.5, 0.6) is 11.5 Å². The zero-order valence-electron chi connectivity index (χ0n) is 11.3. The molecule has 0 saturated heterocycles. The summed E-state index contributed by atoms with van der Waals surface area (Å²) in [5.41, 5.74) is 0. The number of hydrogen-bond donors (Lipinski definition) is 3. The van der Waals surface area contributed by atoms with Gasteiger partial charge in [0.2, 0.25) is 0 Å². The second-order valence-corrected chi connectivity index (χ2v) is 2.90. The van der Waals surface area contributed by atoms with Crippen molar-refractivity contribution in [3.8, 4) is 11.5 Å². The van der Waals surface area contributed by atoms with Gasteiger partial charge in [0.15, 0.2) is 11.5 Å². The van der Waals surface area contributed by atoms with E-state index in [1.54, 1.807) is 24.3 Å². The zero-order valence-corrected chi connectivity index (χ0v) is 11.3. The number of phenolic OH excluding ortho intramolecular Hbond substituents is 1. The molecule has 18 heavy (non-hydrogen) atoms. The average molecular weight is 260 g/mol. The highest BCUT2D eigenvalue weighted by atomic mass is 16.5. The Morgan fingerprint density at radius 1 is 1.00 bits per heavy atom. The molecule has 5 nitrogen and oxygen atoms in total. The number of aromatic hydroxyl groups is 1. The van der Waals surface area contributed by atoms with Crippen molar-refractivity contribution in [1.82, 2.24) is 0 Å². The Bertz CT molecular complexity index is 261. The maximum absolute atomic E-state index is 8.99. The molecule has 0 aliphatic carbocycles. The molecule has 0 fully saturated rings. The Morgan fingerprint density at radius 3 is 1.72 bits per heavy atom. The highest BCUT2D eigenvalue weighted by molar-refractivity contribution is 5.37. The van der Waals surface area contributed by atoms with Crippen LogP contribution in [0.3, 0.4) is 0 Å². The first-order valence-electron chi connectivity index (χ1n) is 5.79. The lowest BCUT2D eigenvalue weighted by atomic mass is 10.3. The summed E-state index contributed by atoms with van der Waals surface area (Å²) in [6, 6.07) is 6.84. The van der Waals surface area contributed by atoms with E-state index >= 15 is 0 Å². The first kappa shape index (κ1) is 19.0. The Hall–Kier alpha value is -1.30. The van der Waals surface area contributed by atoms with Gasteiger partial charge in [-0.05, 0) is 26.0 Å². The van der Waals surface area contributed by atoms with Crippen molar-refractivity contribution in [2.75, 3.05) is 33.5 Å². The maximum Gasteiger partial charge on any atom is 0.160 e. The predicted octanol–water partition coefficient (Wildman–Crippen LogP) is 1.41. The normalized spacial score (nSPS) is 8.50. The third-order valence-corrected chi connectivity index (χ3v) is 1.59. The molecule has 1 rings (SSSR count). The number of methoxy groups -OCH3 is 1. The number of rotatable bonds is 4. The van der Waals surface area contributed by atoms with Crippen LogP contribution in [0.2, 0.25) is 0 Å². The van der Waals surface area contributed by atoms with Crippen LogP contribution in [-0.2, 0) is 4.74 Å². The molecule has 0 spiro atoms. The highest BCUT2D eigenvalue weighted by Gasteiger charge is 1.94. The Kier molecular flexibility index (Phi) is 16.6. The summed E-state index contributed by atoms with van der Waals surface area (Å²) in [5, 5.41) is 24.2. The Morgan fingerprint density at radius 2 is 1.50 bits per heavy atom. The fourth-order valence-corrected chi connectivity index (χ4v) is 0.834. The summed E-state index contributed by atoms with van der Waals surface area (Å²) < 4.78 is 9.63. The van der Waals surface area contributed by atoms with E-state index in [0.29, 0.717) is 5.75 Å². The predicted molar refractivity (Wildman–Crippen MR) is 71.0 cm³/mol. The smallest absolute Gasteiger partial charge is 0.160 e. The lowest BCUT2D eigenvalue weighted by Crippen LogP contribution is -1.85. The minimum absolute atomic E-state index is 0.125. The molecule has 0 aromatic heterocycles. The lowest BCUT2D eigenvalue weighted by molar-refractivity contribution is 0.162. The molecule has 0 atom stereocenters. The molecule has 0 bridgehead atoms. The minimum Gasteiger partial charge on any atom is -0.504 e. The molecule has 5 heteroatoms. The monoisotopic (exact) mass is 260 g/mol. The zero-order chi connectivity index (χ0) is 14.2. The quantitative estimate of drug-likeness (QED) is 0.763. The van der Waals surface area contributed by atoms with Crippen LogP contribution < -0.4 is 4.74 Å². The molecule has 3 N–H and O–H groups in total. The summed E-state index contributed by atoms with van der Waals surface area (Å²) in [7, 11) is 1.52. The minimum atomic E-state index is -0.125. The van der Waals surface area contributed by atoms with Crippen LogP contribution in [0.15, 0.2) is 24.3 Å². The van der Waals surface area contributed by atoms with Gasteiger partial charge in [-0.2, -0.15) is 0 Å². The van der Waals surface area contributed by atoms with Crippen LogP contribution in [0.1, 0.15) is 13.8 Å². The van der Waals surface area contributed by atoms with Crippen LogP contribution in [0.25, 0.3) is 0 Å². The van der Waals surface area contributed by atoms with Gasteiger partial charge < -0.3 is 24.8 Å². The molecule has 0 radical (unpaired) electrons. The van der Waals surface area contributed by atoms with E-state index in [0.717, 1.165) is 13.2 Å². The van der Waals surface area contributed by atoms with Crippen molar-refractivity contribution >= 4 is 0 Å². The number of phenols is 1.